The van der Waals surface area contributed by atoms with Crippen LogP contribution in [0.4, 0.5) is 5.69 Å². The number of hydrogen-bond donors (Lipinski definition) is 1. The van der Waals surface area contributed by atoms with E-state index in [0.717, 1.165) is 5.56 Å². The zero-order valence-corrected chi connectivity index (χ0v) is 13.7. The van der Waals surface area contributed by atoms with Gasteiger partial charge in [-0.25, -0.2) is 4.98 Å². The van der Waals surface area contributed by atoms with Gasteiger partial charge in [-0.1, -0.05) is 32.9 Å². The molecule has 0 atom stereocenters. The van der Waals surface area contributed by atoms with Crippen molar-refractivity contribution in [1.29, 1.82) is 0 Å². The second-order valence-electron chi connectivity index (χ2n) is 6.13. The molecule has 0 saturated heterocycles. The van der Waals surface area contributed by atoms with E-state index in [1.807, 2.05) is 19.1 Å². The van der Waals surface area contributed by atoms with E-state index in [1.54, 1.807) is 6.92 Å². The zero-order chi connectivity index (χ0) is 15.8. The Morgan fingerprint density at radius 3 is 2.38 bits per heavy atom. The average molecular weight is 306 g/mol. The molecule has 0 aliphatic rings. The third kappa shape index (κ3) is 3.45. The first-order valence-corrected chi connectivity index (χ1v) is 7.15. The number of benzene rings is 1. The van der Waals surface area contributed by atoms with Gasteiger partial charge in [0.05, 0.1) is 5.69 Å². The van der Waals surface area contributed by atoms with Crippen molar-refractivity contribution >= 4 is 17.3 Å². The van der Waals surface area contributed by atoms with Crippen molar-refractivity contribution in [2.24, 2.45) is 0 Å². The molecule has 0 radical (unpaired) electrons. The number of rotatable bonds is 2. The molecule has 0 saturated carbocycles. The molecule has 2 N–H and O–H groups in total. The Labute approximate surface area is 130 Å². The number of aryl methyl sites for hydroxylation is 2. The summed E-state index contributed by atoms with van der Waals surface area (Å²) < 4.78 is 5.81. The van der Waals surface area contributed by atoms with Gasteiger partial charge in [0.1, 0.15) is 11.4 Å². The molecular weight excluding hydrogens is 286 g/mol. The third-order valence-corrected chi connectivity index (χ3v) is 3.49. The summed E-state index contributed by atoms with van der Waals surface area (Å²) in [5.74, 6) is 1.00. The fourth-order valence-electron chi connectivity index (χ4n) is 1.93. The third-order valence-electron chi connectivity index (χ3n) is 3.32. The van der Waals surface area contributed by atoms with Gasteiger partial charge in [-0.2, -0.15) is 4.98 Å². The Kier molecular flexibility index (Phi) is 4.10. The summed E-state index contributed by atoms with van der Waals surface area (Å²) in [5, 5.41) is 0.126. The van der Waals surface area contributed by atoms with Crippen LogP contribution < -0.4 is 10.5 Å². The molecule has 112 valence electrons. The van der Waals surface area contributed by atoms with Gasteiger partial charge in [-0.15, -0.1) is 0 Å². The molecule has 0 aliphatic heterocycles. The summed E-state index contributed by atoms with van der Waals surface area (Å²) in [5.41, 5.74) is 9.31. The quantitative estimate of drug-likeness (QED) is 0.834. The Hall–Kier alpha value is -1.81. The van der Waals surface area contributed by atoms with Crippen molar-refractivity contribution in [1.82, 2.24) is 9.97 Å². The van der Waals surface area contributed by atoms with Gasteiger partial charge < -0.3 is 10.5 Å². The van der Waals surface area contributed by atoms with Crippen LogP contribution in [-0.4, -0.2) is 9.97 Å². The average Bonchev–Trinajstić information content (AvgIpc) is 2.36. The van der Waals surface area contributed by atoms with Gasteiger partial charge >= 0.3 is 0 Å². The standard InChI is InChI=1S/C16H20ClN3O/c1-9-8-11(16(3,4)5)6-7-12(9)21-14-13(18)10(2)19-15(17)20-14/h6-8H,18H2,1-5H3. The molecule has 1 heterocycles. The topological polar surface area (TPSA) is 61.0 Å². The first-order valence-electron chi connectivity index (χ1n) is 6.77. The molecule has 1 aromatic carbocycles. The van der Waals surface area contributed by atoms with Crippen LogP contribution in [-0.2, 0) is 5.41 Å². The lowest BCUT2D eigenvalue weighted by Crippen LogP contribution is -2.11. The highest BCUT2D eigenvalue weighted by Crippen LogP contribution is 2.32. The van der Waals surface area contributed by atoms with Crippen LogP contribution in [0.15, 0.2) is 18.2 Å². The van der Waals surface area contributed by atoms with Gasteiger partial charge in [0.2, 0.25) is 11.2 Å². The molecule has 2 rings (SSSR count). The molecule has 0 aliphatic carbocycles. The van der Waals surface area contributed by atoms with E-state index in [1.165, 1.54) is 5.56 Å². The first-order chi connectivity index (χ1) is 9.68. The number of nitrogens with zero attached hydrogens (tertiary/aromatic N) is 2. The molecule has 0 unspecified atom stereocenters. The van der Waals surface area contributed by atoms with Crippen LogP contribution in [0, 0.1) is 13.8 Å². The summed E-state index contributed by atoms with van der Waals surface area (Å²) in [4.78, 5) is 8.04. The van der Waals surface area contributed by atoms with Crippen LogP contribution in [0.1, 0.15) is 37.6 Å². The SMILES string of the molecule is Cc1cc(C(C)(C)C)ccc1Oc1nc(Cl)nc(C)c1N. The summed E-state index contributed by atoms with van der Waals surface area (Å²) in [6.45, 7) is 10.3. The van der Waals surface area contributed by atoms with Gasteiger partial charge in [0, 0.05) is 0 Å². The smallest absolute Gasteiger partial charge is 0.247 e. The predicted molar refractivity (Wildman–Crippen MR) is 86.1 cm³/mol. The Morgan fingerprint density at radius 2 is 1.81 bits per heavy atom. The molecular formula is C16H20ClN3O. The minimum atomic E-state index is 0.0944. The van der Waals surface area contributed by atoms with Crippen molar-refractivity contribution in [2.75, 3.05) is 5.73 Å². The van der Waals surface area contributed by atoms with E-state index < -0.39 is 0 Å². The van der Waals surface area contributed by atoms with Crippen LogP contribution in [0.3, 0.4) is 0 Å². The van der Waals surface area contributed by atoms with Crippen LogP contribution in [0.25, 0.3) is 0 Å². The number of hydrogen-bond acceptors (Lipinski definition) is 4. The molecule has 5 heteroatoms. The second kappa shape index (κ2) is 5.53. The number of aromatic nitrogens is 2. The van der Waals surface area contributed by atoms with E-state index >= 15 is 0 Å². The van der Waals surface area contributed by atoms with Gasteiger partial charge in [-0.3, -0.25) is 0 Å². The monoisotopic (exact) mass is 305 g/mol. The lowest BCUT2D eigenvalue weighted by atomic mass is 9.86. The molecule has 0 bridgehead atoms. The van der Waals surface area contributed by atoms with Crippen LogP contribution in [0.5, 0.6) is 11.6 Å². The molecule has 4 nitrogen and oxygen atoms in total. The van der Waals surface area contributed by atoms with Crippen molar-refractivity contribution in [3.05, 3.63) is 40.3 Å². The largest absolute Gasteiger partial charge is 0.437 e. The maximum Gasteiger partial charge on any atom is 0.247 e. The number of ether oxygens (including phenoxy) is 1. The van der Waals surface area contributed by atoms with Crippen LogP contribution in [0.2, 0.25) is 5.28 Å². The lowest BCUT2D eigenvalue weighted by molar-refractivity contribution is 0.459. The number of anilines is 1. The minimum absolute atomic E-state index is 0.0944. The van der Waals surface area contributed by atoms with Crippen molar-refractivity contribution < 1.29 is 4.74 Å². The van der Waals surface area contributed by atoms with E-state index in [9.17, 15) is 0 Å². The van der Waals surface area contributed by atoms with Crippen molar-refractivity contribution in [3.8, 4) is 11.6 Å². The van der Waals surface area contributed by atoms with E-state index in [2.05, 4.69) is 36.8 Å². The molecule has 1 aromatic heterocycles. The highest BCUT2D eigenvalue weighted by atomic mass is 35.5. The fourth-order valence-corrected chi connectivity index (χ4v) is 2.14. The summed E-state index contributed by atoms with van der Waals surface area (Å²) in [6, 6.07) is 6.09. The maximum atomic E-state index is 5.94. The zero-order valence-electron chi connectivity index (χ0n) is 13.0. The number of nitrogen functional groups attached to an aromatic ring is 1. The van der Waals surface area contributed by atoms with Crippen molar-refractivity contribution in [2.45, 2.75) is 40.0 Å². The summed E-state index contributed by atoms with van der Waals surface area (Å²) >= 11 is 5.86. The normalized spacial score (nSPS) is 11.5. The maximum absolute atomic E-state index is 5.94. The highest BCUT2D eigenvalue weighted by Gasteiger charge is 2.16. The minimum Gasteiger partial charge on any atom is -0.437 e. The van der Waals surface area contributed by atoms with E-state index in [4.69, 9.17) is 22.1 Å². The Morgan fingerprint density at radius 1 is 1.14 bits per heavy atom. The summed E-state index contributed by atoms with van der Waals surface area (Å²) in [7, 11) is 0. The molecule has 2 aromatic rings. The van der Waals surface area contributed by atoms with E-state index in [0.29, 0.717) is 23.0 Å². The van der Waals surface area contributed by atoms with E-state index in [-0.39, 0.29) is 10.7 Å². The molecule has 0 spiro atoms. The molecule has 0 fully saturated rings. The number of nitrogens with two attached hydrogens (primary N) is 1. The highest BCUT2D eigenvalue weighted by molar-refractivity contribution is 6.28. The summed E-state index contributed by atoms with van der Waals surface area (Å²) in [6.07, 6.45) is 0. The van der Waals surface area contributed by atoms with Gasteiger partial charge in [0.15, 0.2) is 0 Å². The Balaban J connectivity index is 2.37. The lowest BCUT2D eigenvalue weighted by Gasteiger charge is -2.20. The first kappa shape index (κ1) is 15.6. The second-order valence-corrected chi connectivity index (χ2v) is 6.47. The number of halogens is 1. The Bertz CT molecular complexity index is 678. The van der Waals surface area contributed by atoms with Crippen LogP contribution >= 0.6 is 11.6 Å². The fraction of sp³-hybridized carbons (Fsp3) is 0.375. The van der Waals surface area contributed by atoms with Crippen molar-refractivity contribution in [3.63, 3.8) is 0 Å². The van der Waals surface area contributed by atoms with Gasteiger partial charge in [-0.05, 0) is 48.1 Å². The molecule has 21 heavy (non-hydrogen) atoms. The predicted octanol–water partition coefficient (Wildman–Crippen LogP) is 4.42. The van der Waals surface area contributed by atoms with Gasteiger partial charge in [0.25, 0.3) is 0 Å². The molecule has 0 amide bonds.